The molecule has 0 amide bonds. The summed E-state index contributed by atoms with van der Waals surface area (Å²) in [5, 5.41) is 3.05. The third kappa shape index (κ3) is 6.62. The van der Waals surface area contributed by atoms with Crippen LogP contribution in [0.5, 0.6) is 0 Å². The van der Waals surface area contributed by atoms with Gasteiger partial charge in [0, 0.05) is 18.2 Å². The van der Waals surface area contributed by atoms with Gasteiger partial charge in [-0.1, -0.05) is 13.8 Å². The van der Waals surface area contributed by atoms with Gasteiger partial charge in [0.25, 0.3) is 5.56 Å². The summed E-state index contributed by atoms with van der Waals surface area (Å²) in [5.74, 6) is -4.03. The highest BCUT2D eigenvalue weighted by molar-refractivity contribution is 6.11. The third-order valence-electron chi connectivity index (χ3n) is 6.91. The number of nitrogens with two attached hydrogens (primary N) is 1. The van der Waals surface area contributed by atoms with Crippen molar-refractivity contribution in [1.82, 2.24) is 9.88 Å². The van der Waals surface area contributed by atoms with Gasteiger partial charge in [0.05, 0.1) is 5.56 Å². The summed E-state index contributed by atoms with van der Waals surface area (Å²) in [4.78, 5) is 38.4. The zero-order valence-corrected chi connectivity index (χ0v) is 22.4. The predicted molar refractivity (Wildman–Crippen MR) is 145 cm³/mol. The smallest absolute Gasteiger partial charge is 0.323 e. The van der Waals surface area contributed by atoms with E-state index >= 15 is 8.78 Å². The monoisotopic (exact) mass is 555 g/mol. The molecule has 1 atom stereocenters. The van der Waals surface area contributed by atoms with Crippen LogP contribution in [-0.4, -0.2) is 28.5 Å². The zero-order chi connectivity index (χ0) is 29.0. The van der Waals surface area contributed by atoms with Crippen molar-refractivity contribution in [3.05, 3.63) is 93.0 Å². The molecule has 1 aliphatic rings. The molecule has 1 aliphatic carbocycles. The molecule has 0 saturated heterocycles. The second kappa shape index (κ2) is 12.5. The fourth-order valence-corrected chi connectivity index (χ4v) is 4.89. The van der Waals surface area contributed by atoms with E-state index in [0.717, 1.165) is 62.1 Å². The Balaban J connectivity index is 1.58. The molecular weight excluding hydrogens is 523 g/mol. The summed E-state index contributed by atoms with van der Waals surface area (Å²) in [6.45, 7) is 3.89. The van der Waals surface area contributed by atoms with Gasteiger partial charge >= 0.3 is 5.97 Å². The van der Waals surface area contributed by atoms with Gasteiger partial charge in [0.1, 0.15) is 29.5 Å². The number of aromatic nitrogens is 1. The lowest BCUT2D eigenvalue weighted by Crippen LogP contribution is -2.40. The summed E-state index contributed by atoms with van der Waals surface area (Å²) in [6, 6.07) is 8.23. The van der Waals surface area contributed by atoms with Gasteiger partial charge in [-0.3, -0.25) is 19.0 Å². The summed E-state index contributed by atoms with van der Waals surface area (Å²) in [6.07, 6.45) is 4.07. The third-order valence-corrected chi connectivity index (χ3v) is 6.91. The lowest BCUT2D eigenvalue weighted by Gasteiger charge is -2.22. The normalized spacial score (nSPS) is 14.4. The first-order valence-corrected chi connectivity index (χ1v) is 13.3. The predicted octanol–water partition coefficient (Wildman–Crippen LogP) is 5.06. The first-order valence-electron chi connectivity index (χ1n) is 13.3. The first kappa shape index (κ1) is 29.1. The van der Waals surface area contributed by atoms with E-state index in [1.807, 2.05) is 13.8 Å². The van der Waals surface area contributed by atoms with Gasteiger partial charge in [-0.25, -0.2) is 13.2 Å². The Morgan fingerprint density at radius 1 is 1.02 bits per heavy atom. The fraction of sp³-hybridized carbons (Fsp3) is 0.367. The molecule has 2 aromatic carbocycles. The topological polar surface area (TPSA) is 103 Å². The van der Waals surface area contributed by atoms with Crippen LogP contribution in [0.2, 0.25) is 0 Å². The van der Waals surface area contributed by atoms with Gasteiger partial charge < -0.3 is 15.8 Å². The second-order valence-electron chi connectivity index (χ2n) is 10.5. The SMILES string of the molecule is CC(C)C[C@H](NCc1cc(F)c(-n2c(N)c(C(=O)c3ccc(F)cc3)ccc2=O)c(F)c1)C(=O)OC1CCCC1. The number of carbonyl (C=O) groups excluding carboxylic acids is 2. The summed E-state index contributed by atoms with van der Waals surface area (Å²) in [5.41, 5.74) is 4.61. The van der Waals surface area contributed by atoms with Crippen molar-refractivity contribution in [3.63, 3.8) is 0 Å². The number of benzene rings is 2. The maximum absolute atomic E-state index is 15.3. The molecule has 7 nitrogen and oxygen atoms in total. The van der Waals surface area contributed by atoms with Crippen LogP contribution in [0.4, 0.5) is 19.0 Å². The number of rotatable bonds is 10. The largest absolute Gasteiger partial charge is 0.461 e. The Hall–Kier alpha value is -3.92. The molecule has 0 radical (unpaired) electrons. The average molecular weight is 556 g/mol. The molecule has 3 N–H and O–H groups in total. The first-order chi connectivity index (χ1) is 19.0. The molecule has 1 saturated carbocycles. The minimum Gasteiger partial charge on any atom is -0.461 e. The van der Waals surface area contributed by atoms with E-state index in [-0.39, 0.29) is 41.2 Å². The highest BCUT2D eigenvalue weighted by Gasteiger charge is 2.27. The fourth-order valence-electron chi connectivity index (χ4n) is 4.89. The number of nitrogens with zero attached hydrogens (tertiary/aromatic N) is 1. The summed E-state index contributed by atoms with van der Waals surface area (Å²) < 4.78 is 50.1. The quantitative estimate of drug-likeness (QED) is 0.268. The van der Waals surface area contributed by atoms with Crippen LogP contribution in [-0.2, 0) is 16.1 Å². The number of ether oxygens (including phenoxy) is 1. The van der Waals surface area contributed by atoms with Gasteiger partial charge in [-0.2, -0.15) is 0 Å². The maximum atomic E-state index is 15.3. The minimum absolute atomic E-state index is 0.0290. The van der Waals surface area contributed by atoms with E-state index in [1.54, 1.807) is 0 Å². The molecule has 4 rings (SSSR count). The van der Waals surface area contributed by atoms with Crippen molar-refractivity contribution in [3.8, 4) is 5.69 Å². The molecule has 0 unspecified atom stereocenters. The van der Waals surface area contributed by atoms with Gasteiger partial charge in [0.15, 0.2) is 17.4 Å². The number of ketones is 1. The van der Waals surface area contributed by atoms with Crippen molar-refractivity contribution in [2.24, 2.45) is 5.92 Å². The molecule has 3 aromatic rings. The second-order valence-corrected chi connectivity index (χ2v) is 10.5. The zero-order valence-electron chi connectivity index (χ0n) is 22.4. The minimum atomic E-state index is -1.08. The van der Waals surface area contributed by atoms with Crippen molar-refractivity contribution in [2.75, 3.05) is 5.73 Å². The number of esters is 1. The molecule has 0 spiro atoms. The van der Waals surface area contributed by atoms with E-state index < -0.39 is 46.3 Å². The molecule has 1 aromatic heterocycles. The number of hydrogen-bond donors (Lipinski definition) is 2. The van der Waals surface area contributed by atoms with E-state index in [2.05, 4.69) is 5.32 Å². The maximum Gasteiger partial charge on any atom is 0.323 e. The van der Waals surface area contributed by atoms with Gasteiger partial charge in [-0.05, 0) is 86.1 Å². The summed E-state index contributed by atoms with van der Waals surface area (Å²) >= 11 is 0. The van der Waals surface area contributed by atoms with Crippen LogP contribution in [0.1, 0.15) is 67.4 Å². The molecule has 212 valence electrons. The Labute approximate surface area is 230 Å². The molecule has 40 heavy (non-hydrogen) atoms. The lowest BCUT2D eigenvalue weighted by atomic mass is 10.0. The van der Waals surface area contributed by atoms with Crippen molar-refractivity contribution in [2.45, 2.75) is 64.6 Å². The molecule has 1 heterocycles. The van der Waals surface area contributed by atoms with Crippen LogP contribution in [0.3, 0.4) is 0 Å². The number of anilines is 1. The lowest BCUT2D eigenvalue weighted by molar-refractivity contribution is -0.151. The Morgan fingerprint density at radius 2 is 1.65 bits per heavy atom. The van der Waals surface area contributed by atoms with Crippen molar-refractivity contribution in [1.29, 1.82) is 0 Å². The Bertz CT molecular complexity index is 1420. The molecule has 0 bridgehead atoms. The molecule has 1 fully saturated rings. The van der Waals surface area contributed by atoms with Gasteiger partial charge in [-0.15, -0.1) is 0 Å². The number of hydrogen-bond acceptors (Lipinski definition) is 6. The van der Waals surface area contributed by atoms with E-state index in [1.165, 1.54) is 12.1 Å². The highest BCUT2D eigenvalue weighted by Crippen LogP contribution is 2.25. The van der Waals surface area contributed by atoms with Crippen molar-refractivity contribution < 1.29 is 27.5 Å². The molecule has 10 heteroatoms. The van der Waals surface area contributed by atoms with E-state index in [0.29, 0.717) is 11.0 Å². The van der Waals surface area contributed by atoms with Crippen LogP contribution in [0.15, 0.2) is 53.3 Å². The number of pyridine rings is 1. The molecular formula is C30H32F3N3O4. The number of halogens is 3. The van der Waals surface area contributed by atoms with Crippen LogP contribution < -0.4 is 16.6 Å². The number of nitrogens with one attached hydrogen (secondary N) is 1. The number of carbonyl (C=O) groups is 2. The Kier molecular flexibility index (Phi) is 9.09. The Morgan fingerprint density at radius 3 is 2.25 bits per heavy atom. The number of nitrogen functional groups attached to an aromatic ring is 1. The van der Waals surface area contributed by atoms with Gasteiger partial charge in [0.2, 0.25) is 0 Å². The van der Waals surface area contributed by atoms with Crippen LogP contribution in [0, 0.1) is 23.4 Å². The molecule has 0 aliphatic heterocycles. The summed E-state index contributed by atoms with van der Waals surface area (Å²) in [7, 11) is 0. The van der Waals surface area contributed by atoms with E-state index in [9.17, 15) is 18.8 Å². The van der Waals surface area contributed by atoms with Crippen LogP contribution >= 0.6 is 0 Å². The average Bonchev–Trinajstić information content (AvgIpc) is 3.41. The van der Waals surface area contributed by atoms with Crippen LogP contribution in [0.25, 0.3) is 5.69 Å². The van der Waals surface area contributed by atoms with Crippen molar-refractivity contribution >= 4 is 17.6 Å². The highest BCUT2D eigenvalue weighted by atomic mass is 19.1. The van der Waals surface area contributed by atoms with E-state index in [4.69, 9.17) is 10.5 Å². The standard InChI is InChI=1S/C30H32F3N3O4/c1-17(2)13-25(30(39)40-21-5-3-4-6-21)35-16-18-14-23(32)27(24(33)15-18)36-26(37)12-11-22(29(36)34)28(38)19-7-9-20(31)10-8-19/h7-12,14-15,17,21,25,35H,3-6,13,16,34H2,1-2H3/t25-/m0/s1.